The van der Waals surface area contributed by atoms with Crippen molar-refractivity contribution >= 4 is 15.7 Å². The lowest BCUT2D eigenvalue weighted by Gasteiger charge is -2.35. The number of hydrogen-bond donors (Lipinski definition) is 1. The third-order valence-electron chi connectivity index (χ3n) is 5.98. The molecule has 4 aromatic rings. The van der Waals surface area contributed by atoms with Crippen molar-refractivity contribution in [2.45, 2.75) is 24.1 Å². The molecule has 0 spiro atoms. The molecule has 1 saturated carbocycles. The topological polar surface area (TPSA) is 108 Å². The zero-order valence-corrected chi connectivity index (χ0v) is 19.5. The van der Waals surface area contributed by atoms with E-state index < -0.39 is 9.84 Å². The number of aryl methyl sites for hydroxylation is 2. The van der Waals surface area contributed by atoms with Gasteiger partial charge in [0.2, 0.25) is 0 Å². The highest BCUT2D eigenvalue weighted by Crippen LogP contribution is 2.33. The molecule has 0 bridgehead atoms. The number of anilines is 1. The first kappa shape index (κ1) is 21.3. The molecule has 5 rings (SSSR count). The van der Waals surface area contributed by atoms with Gasteiger partial charge in [-0.1, -0.05) is 18.2 Å². The van der Waals surface area contributed by atoms with Crippen LogP contribution in [0.1, 0.15) is 12.8 Å². The normalized spacial score (nSPS) is 18.2. The quantitative estimate of drug-likeness (QED) is 0.468. The minimum Gasteiger partial charge on any atom is -0.367 e. The van der Waals surface area contributed by atoms with Gasteiger partial charge >= 0.3 is 0 Å². The number of sulfone groups is 1. The van der Waals surface area contributed by atoms with E-state index >= 15 is 0 Å². The molecule has 3 heterocycles. The zero-order chi connectivity index (χ0) is 23.2. The van der Waals surface area contributed by atoms with Crippen molar-refractivity contribution in [2.24, 2.45) is 14.1 Å². The summed E-state index contributed by atoms with van der Waals surface area (Å²) in [6.45, 7) is 0. The Labute approximate surface area is 192 Å². The molecule has 1 aliphatic carbocycles. The van der Waals surface area contributed by atoms with Gasteiger partial charge in [-0.05, 0) is 30.5 Å². The Balaban J connectivity index is 1.49. The number of nitrogens with one attached hydrogen (secondary N) is 1. The Morgan fingerprint density at radius 1 is 1.03 bits per heavy atom. The van der Waals surface area contributed by atoms with Gasteiger partial charge in [-0.2, -0.15) is 10.2 Å². The van der Waals surface area contributed by atoms with Crippen LogP contribution in [0.3, 0.4) is 0 Å². The molecule has 1 aromatic carbocycles. The van der Waals surface area contributed by atoms with Crippen molar-refractivity contribution in [2.75, 3.05) is 11.6 Å². The lowest BCUT2D eigenvalue weighted by Crippen LogP contribution is -2.43. The van der Waals surface area contributed by atoms with Gasteiger partial charge in [0.25, 0.3) is 0 Å². The average Bonchev–Trinajstić information content (AvgIpc) is 3.38. The highest BCUT2D eigenvalue weighted by Gasteiger charge is 2.36. The van der Waals surface area contributed by atoms with Crippen LogP contribution in [0.5, 0.6) is 0 Å². The molecule has 9 nitrogen and oxygen atoms in total. The Bertz CT molecular complexity index is 1420. The number of benzene rings is 1. The molecule has 170 valence electrons. The summed E-state index contributed by atoms with van der Waals surface area (Å²) >= 11 is 0. The van der Waals surface area contributed by atoms with E-state index in [2.05, 4.69) is 20.5 Å². The Hall–Kier alpha value is -3.53. The van der Waals surface area contributed by atoms with E-state index in [1.165, 1.54) is 6.26 Å². The van der Waals surface area contributed by atoms with E-state index in [4.69, 9.17) is 4.98 Å². The number of rotatable bonds is 6. The summed E-state index contributed by atoms with van der Waals surface area (Å²) in [6, 6.07) is 9.97. The third-order valence-corrected chi connectivity index (χ3v) is 7.57. The van der Waals surface area contributed by atoms with Crippen molar-refractivity contribution in [3.8, 4) is 33.8 Å². The van der Waals surface area contributed by atoms with Gasteiger partial charge in [0.1, 0.15) is 15.7 Å². The maximum absolute atomic E-state index is 11.8. The monoisotopic (exact) mass is 463 g/mol. The summed E-state index contributed by atoms with van der Waals surface area (Å²) in [7, 11) is 0.722. The van der Waals surface area contributed by atoms with Gasteiger partial charge in [0.05, 0.1) is 22.7 Å². The van der Waals surface area contributed by atoms with Crippen molar-refractivity contribution in [1.29, 1.82) is 0 Å². The molecule has 1 fully saturated rings. The predicted molar refractivity (Wildman–Crippen MR) is 127 cm³/mol. The maximum atomic E-state index is 11.8. The highest BCUT2D eigenvalue weighted by molar-refractivity contribution is 7.91. The smallest absolute Gasteiger partial charge is 0.161 e. The second-order valence-electron chi connectivity index (χ2n) is 8.58. The molecule has 0 unspecified atom stereocenters. The Morgan fingerprint density at radius 2 is 1.82 bits per heavy atom. The molecule has 33 heavy (non-hydrogen) atoms. The zero-order valence-electron chi connectivity index (χ0n) is 18.7. The highest BCUT2D eigenvalue weighted by atomic mass is 32.2. The molecule has 10 heteroatoms. The van der Waals surface area contributed by atoms with Gasteiger partial charge < -0.3 is 5.32 Å². The molecule has 0 aliphatic heterocycles. The van der Waals surface area contributed by atoms with Crippen LogP contribution >= 0.6 is 0 Å². The molecule has 0 saturated heterocycles. The van der Waals surface area contributed by atoms with E-state index in [1.54, 1.807) is 15.6 Å². The number of hydrogen-bond acceptors (Lipinski definition) is 7. The molecule has 1 N–H and O–H groups in total. The molecular formula is C23H25N7O2S. The van der Waals surface area contributed by atoms with Crippen LogP contribution in [0.25, 0.3) is 33.8 Å². The summed E-state index contributed by atoms with van der Waals surface area (Å²) in [5, 5.41) is 11.9. The molecular weight excluding hydrogens is 438 g/mol. The van der Waals surface area contributed by atoms with Crippen molar-refractivity contribution in [1.82, 2.24) is 29.5 Å². The first-order valence-electron chi connectivity index (χ1n) is 10.7. The van der Waals surface area contributed by atoms with E-state index in [-0.39, 0.29) is 11.3 Å². The van der Waals surface area contributed by atoms with Crippen LogP contribution in [0.15, 0.2) is 55.1 Å². The summed E-state index contributed by atoms with van der Waals surface area (Å²) in [5.41, 5.74) is 4.47. The van der Waals surface area contributed by atoms with Gasteiger partial charge in [0.15, 0.2) is 5.82 Å². The second kappa shape index (κ2) is 8.11. The van der Waals surface area contributed by atoms with Gasteiger partial charge in [-0.15, -0.1) is 0 Å². The molecule has 3 aromatic heterocycles. The van der Waals surface area contributed by atoms with Crippen LogP contribution < -0.4 is 5.32 Å². The molecule has 0 amide bonds. The van der Waals surface area contributed by atoms with E-state index in [9.17, 15) is 8.42 Å². The summed E-state index contributed by atoms with van der Waals surface area (Å²) in [4.78, 5) is 9.46. The summed E-state index contributed by atoms with van der Waals surface area (Å²) in [6.07, 6.45) is 9.86. The van der Waals surface area contributed by atoms with Crippen LogP contribution in [0.2, 0.25) is 0 Å². The van der Waals surface area contributed by atoms with Crippen LogP contribution in [-0.4, -0.2) is 55.5 Å². The first-order chi connectivity index (χ1) is 15.8. The van der Waals surface area contributed by atoms with Gasteiger partial charge in [-0.25, -0.2) is 18.4 Å². The van der Waals surface area contributed by atoms with Crippen molar-refractivity contribution in [3.05, 3.63) is 55.1 Å². The number of aromatic nitrogens is 6. The third kappa shape index (κ3) is 4.38. The van der Waals surface area contributed by atoms with Crippen LogP contribution in [-0.2, 0) is 23.9 Å². The Kier molecular flexibility index (Phi) is 5.24. The predicted octanol–water partition coefficient (Wildman–Crippen LogP) is 2.93. The Morgan fingerprint density at radius 3 is 2.48 bits per heavy atom. The standard InChI is InChI=1S/C23H25N7O2S/c1-29-8-7-21(28-29)20-13-24-22(27-23(20)26-18-10-19(11-18)33(3,31)32)16-6-4-5-15(9-16)17-12-25-30(2)14-17/h4-9,12-14,18-19H,10-11H2,1-3H3,(H,24,26,27). The first-order valence-corrected chi connectivity index (χ1v) is 12.6. The van der Waals surface area contributed by atoms with Gasteiger partial charge in [0, 0.05) is 56.1 Å². The second-order valence-corrected chi connectivity index (χ2v) is 10.9. The molecule has 0 radical (unpaired) electrons. The minimum absolute atomic E-state index is 0.0386. The maximum Gasteiger partial charge on any atom is 0.161 e. The van der Waals surface area contributed by atoms with E-state index in [0.717, 1.165) is 27.9 Å². The average molecular weight is 464 g/mol. The summed E-state index contributed by atoms with van der Waals surface area (Å²) < 4.78 is 27.1. The molecule has 0 atom stereocenters. The fraction of sp³-hybridized carbons (Fsp3) is 0.304. The van der Waals surface area contributed by atoms with E-state index in [1.807, 2.05) is 63.0 Å². The van der Waals surface area contributed by atoms with E-state index in [0.29, 0.717) is 24.5 Å². The van der Waals surface area contributed by atoms with Crippen LogP contribution in [0.4, 0.5) is 5.82 Å². The van der Waals surface area contributed by atoms with Gasteiger partial charge in [-0.3, -0.25) is 9.36 Å². The lowest BCUT2D eigenvalue weighted by molar-refractivity contribution is 0.434. The number of nitrogens with zero attached hydrogens (tertiary/aromatic N) is 6. The van der Waals surface area contributed by atoms with Crippen molar-refractivity contribution in [3.63, 3.8) is 0 Å². The minimum atomic E-state index is -3.03. The fourth-order valence-electron chi connectivity index (χ4n) is 4.01. The SMILES string of the molecule is Cn1cc(-c2cccc(-c3ncc(-c4ccn(C)n4)c(NC4CC(S(C)(=O)=O)C4)n3)c2)cn1. The fourth-order valence-corrected chi connectivity index (χ4v) is 5.18. The van der Waals surface area contributed by atoms with Crippen molar-refractivity contribution < 1.29 is 8.42 Å². The largest absolute Gasteiger partial charge is 0.367 e. The van der Waals surface area contributed by atoms with Crippen LogP contribution in [0, 0.1) is 0 Å². The molecule has 1 aliphatic rings. The summed E-state index contributed by atoms with van der Waals surface area (Å²) in [5.74, 6) is 1.24. The lowest BCUT2D eigenvalue weighted by atomic mass is 9.92.